The quantitative estimate of drug-likeness (QED) is 0.577. The molecule has 0 aliphatic carbocycles. The summed E-state index contributed by atoms with van der Waals surface area (Å²) >= 11 is 0. The predicted octanol–water partition coefficient (Wildman–Crippen LogP) is 2.05. The molecule has 0 saturated carbocycles. The molecule has 2 heteroatoms. The number of allylic oxidation sites excluding steroid dienone is 2. The molecule has 0 aromatic rings. The molecule has 0 amide bonds. The van der Waals surface area contributed by atoms with Gasteiger partial charge in [0.1, 0.15) is 0 Å². The standard InChI is InChI=1S/C9H14O2/c1-7-5-4-6-9(3,11-7)8(2)10/h5H,4,6H2,1-3H3/t9-/m1/s1. The molecule has 0 fully saturated rings. The lowest BCUT2D eigenvalue weighted by Gasteiger charge is -2.31. The summed E-state index contributed by atoms with van der Waals surface area (Å²) in [5, 5.41) is 0. The highest BCUT2D eigenvalue weighted by molar-refractivity contribution is 5.84. The summed E-state index contributed by atoms with van der Waals surface area (Å²) in [6.45, 7) is 5.32. The van der Waals surface area contributed by atoms with E-state index in [4.69, 9.17) is 4.74 Å². The molecule has 0 aromatic carbocycles. The number of carbonyl (C=O) groups excluding carboxylic acids is 1. The van der Waals surface area contributed by atoms with Crippen LogP contribution in [0.3, 0.4) is 0 Å². The predicted molar refractivity (Wildman–Crippen MR) is 43.2 cm³/mol. The molecule has 0 saturated heterocycles. The van der Waals surface area contributed by atoms with Crippen LogP contribution in [0.25, 0.3) is 0 Å². The number of carbonyl (C=O) groups is 1. The second kappa shape index (κ2) is 2.68. The van der Waals surface area contributed by atoms with E-state index in [0.717, 1.165) is 18.6 Å². The lowest BCUT2D eigenvalue weighted by atomic mass is 9.93. The van der Waals surface area contributed by atoms with Gasteiger partial charge in [-0.1, -0.05) is 0 Å². The number of ketones is 1. The maximum atomic E-state index is 11.1. The van der Waals surface area contributed by atoms with Crippen molar-refractivity contribution >= 4 is 5.78 Å². The normalized spacial score (nSPS) is 30.6. The van der Waals surface area contributed by atoms with Crippen molar-refractivity contribution in [3.8, 4) is 0 Å². The summed E-state index contributed by atoms with van der Waals surface area (Å²) in [5.41, 5.74) is -0.557. The third-order valence-electron chi connectivity index (χ3n) is 2.18. The average molecular weight is 154 g/mol. The summed E-state index contributed by atoms with van der Waals surface area (Å²) in [6, 6.07) is 0. The largest absolute Gasteiger partial charge is 0.485 e. The maximum absolute atomic E-state index is 11.1. The lowest BCUT2D eigenvalue weighted by Crippen LogP contribution is -2.37. The van der Waals surface area contributed by atoms with Crippen molar-refractivity contribution in [3.05, 3.63) is 11.8 Å². The Morgan fingerprint density at radius 2 is 2.36 bits per heavy atom. The van der Waals surface area contributed by atoms with Crippen LogP contribution in [0.15, 0.2) is 11.8 Å². The number of ether oxygens (including phenoxy) is 1. The van der Waals surface area contributed by atoms with Crippen molar-refractivity contribution in [1.82, 2.24) is 0 Å². The highest BCUT2D eigenvalue weighted by Crippen LogP contribution is 2.27. The second-order valence-corrected chi connectivity index (χ2v) is 3.24. The van der Waals surface area contributed by atoms with E-state index in [1.54, 1.807) is 6.92 Å². The Hall–Kier alpha value is -0.790. The summed E-state index contributed by atoms with van der Waals surface area (Å²) in [6.07, 6.45) is 3.77. The van der Waals surface area contributed by atoms with E-state index < -0.39 is 5.60 Å². The molecular weight excluding hydrogens is 140 g/mol. The highest BCUT2D eigenvalue weighted by Gasteiger charge is 2.33. The topological polar surface area (TPSA) is 26.3 Å². The molecule has 1 aliphatic rings. The fraction of sp³-hybridized carbons (Fsp3) is 0.667. The molecule has 0 bridgehead atoms. The van der Waals surface area contributed by atoms with Gasteiger partial charge in [0, 0.05) is 0 Å². The monoisotopic (exact) mass is 154 g/mol. The molecule has 0 spiro atoms. The van der Waals surface area contributed by atoms with Crippen molar-refractivity contribution < 1.29 is 9.53 Å². The van der Waals surface area contributed by atoms with Crippen LogP contribution in [0.4, 0.5) is 0 Å². The van der Waals surface area contributed by atoms with E-state index in [1.165, 1.54) is 0 Å². The Kier molecular flexibility index (Phi) is 2.03. The van der Waals surface area contributed by atoms with Crippen LogP contribution < -0.4 is 0 Å². The lowest BCUT2D eigenvalue weighted by molar-refractivity contribution is -0.137. The third-order valence-corrected chi connectivity index (χ3v) is 2.18. The smallest absolute Gasteiger partial charge is 0.172 e. The van der Waals surface area contributed by atoms with E-state index in [-0.39, 0.29) is 5.78 Å². The number of Topliss-reactive ketones (excluding diaryl/α,β-unsaturated/α-hetero) is 1. The first kappa shape index (κ1) is 8.31. The minimum atomic E-state index is -0.557. The van der Waals surface area contributed by atoms with Gasteiger partial charge in [0.15, 0.2) is 11.4 Å². The number of hydrogen-bond donors (Lipinski definition) is 0. The van der Waals surface area contributed by atoms with Crippen LogP contribution in [0, 0.1) is 0 Å². The van der Waals surface area contributed by atoms with Gasteiger partial charge in [-0.2, -0.15) is 0 Å². The zero-order chi connectivity index (χ0) is 8.48. The van der Waals surface area contributed by atoms with Gasteiger partial charge in [0.25, 0.3) is 0 Å². The second-order valence-electron chi connectivity index (χ2n) is 3.24. The maximum Gasteiger partial charge on any atom is 0.172 e. The van der Waals surface area contributed by atoms with Crippen LogP contribution in [0.1, 0.15) is 33.6 Å². The minimum Gasteiger partial charge on any atom is -0.485 e. The van der Waals surface area contributed by atoms with E-state index in [9.17, 15) is 4.79 Å². The molecule has 1 aliphatic heterocycles. The van der Waals surface area contributed by atoms with Gasteiger partial charge >= 0.3 is 0 Å². The van der Waals surface area contributed by atoms with Crippen LogP contribution in [0.2, 0.25) is 0 Å². The minimum absolute atomic E-state index is 0.116. The molecule has 0 radical (unpaired) electrons. The zero-order valence-electron chi connectivity index (χ0n) is 7.31. The summed E-state index contributed by atoms with van der Waals surface area (Å²) in [7, 11) is 0. The van der Waals surface area contributed by atoms with E-state index in [2.05, 4.69) is 0 Å². The van der Waals surface area contributed by atoms with Gasteiger partial charge in [-0.05, 0) is 39.7 Å². The average Bonchev–Trinajstić information content (AvgIpc) is 1.86. The van der Waals surface area contributed by atoms with Gasteiger partial charge in [-0.15, -0.1) is 0 Å². The highest BCUT2D eigenvalue weighted by atomic mass is 16.5. The first-order valence-electron chi connectivity index (χ1n) is 3.91. The fourth-order valence-corrected chi connectivity index (χ4v) is 1.25. The van der Waals surface area contributed by atoms with Crippen molar-refractivity contribution in [1.29, 1.82) is 0 Å². The van der Waals surface area contributed by atoms with Gasteiger partial charge < -0.3 is 4.74 Å². The van der Waals surface area contributed by atoms with Crippen LogP contribution >= 0.6 is 0 Å². The number of rotatable bonds is 1. The molecule has 0 aromatic heterocycles. The van der Waals surface area contributed by atoms with Gasteiger partial charge in [0.05, 0.1) is 5.76 Å². The fourth-order valence-electron chi connectivity index (χ4n) is 1.25. The zero-order valence-corrected chi connectivity index (χ0v) is 7.31. The molecule has 0 unspecified atom stereocenters. The molecule has 11 heavy (non-hydrogen) atoms. The van der Waals surface area contributed by atoms with Gasteiger partial charge in [0.2, 0.25) is 0 Å². The SMILES string of the molecule is CC(=O)[C@@]1(C)CCC=C(C)O1. The summed E-state index contributed by atoms with van der Waals surface area (Å²) in [4.78, 5) is 11.1. The van der Waals surface area contributed by atoms with Gasteiger partial charge in [-0.25, -0.2) is 0 Å². The Labute approximate surface area is 67.2 Å². The van der Waals surface area contributed by atoms with E-state index >= 15 is 0 Å². The molecule has 2 nitrogen and oxygen atoms in total. The summed E-state index contributed by atoms with van der Waals surface area (Å²) < 4.78 is 5.45. The van der Waals surface area contributed by atoms with E-state index in [0.29, 0.717) is 0 Å². The molecule has 0 N–H and O–H groups in total. The van der Waals surface area contributed by atoms with Crippen molar-refractivity contribution in [3.63, 3.8) is 0 Å². The number of hydrogen-bond acceptors (Lipinski definition) is 2. The molecule has 1 rings (SSSR count). The van der Waals surface area contributed by atoms with Crippen molar-refractivity contribution in [2.24, 2.45) is 0 Å². The first-order valence-corrected chi connectivity index (χ1v) is 3.91. The van der Waals surface area contributed by atoms with Crippen LogP contribution in [-0.4, -0.2) is 11.4 Å². The Morgan fingerprint density at radius 1 is 1.73 bits per heavy atom. The van der Waals surface area contributed by atoms with Crippen LogP contribution in [0.5, 0.6) is 0 Å². The van der Waals surface area contributed by atoms with Crippen LogP contribution in [-0.2, 0) is 9.53 Å². The molecule has 62 valence electrons. The molecule has 1 heterocycles. The molecule has 1 atom stereocenters. The Balaban J connectivity index is 2.76. The van der Waals surface area contributed by atoms with Gasteiger partial charge in [-0.3, -0.25) is 4.79 Å². The Bertz CT molecular complexity index is 206. The molecular formula is C9H14O2. The Morgan fingerprint density at radius 3 is 2.73 bits per heavy atom. The van der Waals surface area contributed by atoms with Crippen molar-refractivity contribution in [2.75, 3.05) is 0 Å². The third kappa shape index (κ3) is 1.62. The summed E-state index contributed by atoms with van der Waals surface area (Å²) in [5.74, 6) is 0.985. The van der Waals surface area contributed by atoms with Crippen molar-refractivity contribution in [2.45, 2.75) is 39.2 Å². The van der Waals surface area contributed by atoms with E-state index in [1.807, 2.05) is 19.9 Å². The first-order chi connectivity index (χ1) is 5.04.